The lowest BCUT2D eigenvalue weighted by Gasteiger charge is -2.36. The van der Waals surface area contributed by atoms with E-state index in [0.717, 1.165) is 31.9 Å². The first-order valence-electron chi connectivity index (χ1n) is 7.54. The fourth-order valence-electron chi connectivity index (χ4n) is 3.45. The van der Waals surface area contributed by atoms with Crippen LogP contribution < -0.4 is 16.0 Å². The average Bonchev–Trinajstić information content (AvgIpc) is 3.01. The Morgan fingerprint density at radius 1 is 1.38 bits per heavy atom. The molecular weight excluding hydrogens is 270 g/mol. The van der Waals surface area contributed by atoms with Crippen molar-refractivity contribution in [1.82, 2.24) is 10.3 Å². The number of anilines is 2. The van der Waals surface area contributed by atoms with Crippen molar-refractivity contribution in [2.45, 2.75) is 31.7 Å². The second kappa shape index (κ2) is 5.85. The maximum Gasteiger partial charge on any atom is 0.311 e. The Bertz CT molecular complexity index is 530. The number of nitrogens with two attached hydrogens (primary N) is 1. The molecule has 3 N–H and O–H groups in total. The zero-order valence-corrected chi connectivity index (χ0v) is 12.0. The van der Waals surface area contributed by atoms with Crippen LogP contribution >= 0.6 is 0 Å². The maximum absolute atomic E-state index is 10.8. The predicted molar refractivity (Wildman–Crippen MR) is 81.3 cm³/mol. The molecule has 2 aliphatic heterocycles. The molecule has 0 aliphatic carbocycles. The van der Waals surface area contributed by atoms with Crippen LogP contribution in [-0.2, 0) is 0 Å². The second-order valence-electron chi connectivity index (χ2n) is 5.88. The molecule has 0 amide bonds. The molecule has 0 spiro atoms. The quantitative estimate of drug-likeness (QED) is 0.647. The Kier molecular flexibility index (Phi) is 3.92. The molecule has 3 rings (SSSR count). The zero-order valence-electron chi connectivity index (χ0n) is 12.0. The van der Waals surface area contributed by atoms with Gasteiger partial charge in [0.25, 0.3) is 0 Å². The smallest absolute Gasteiger partial charge is 0.311 e. The van der Waals surface area contributed by atoms with Gasteiger partial charge in [-0.05, 0) is 44.2 Å². The van der Waals surface area contributed by atoms with Gasteiger partial charge in [-0.15, -0.1) is 0 Å². The molecule has 114 valence electrons. The van der Waals surface area contributed by atoms with E-state index in [-0.39, 0.29) is 11.5 Å². The van der Waals surface area contributed by atoms with Crippen molar-refractivity contribution < 1.29 is 4.92 Å². The highest BCUT2D eigenvalue weighted by Crippen LogP contribution is 2.29. The second-order valence-corrected chi connectivity index (χ2v) is 5.88. The Morgan fingerprint density at radius 3 is 2.90 bits per heavy atom. The first-order valence-corrected chi connectivity index (χ1v) is 7.54. The first-order chi connectivity index (χ1) is 10.1. The van der Waals surface area contributed by atoms with Gasteiger partial charge < -0.3 is 16.0 Å². The van der Waals surface area contributed by atoms with E-state index in [9.17, 15) is 10.1 Å². The van der Waals surface area contributed by atoms with Gasteiger partial charge in [-0.1, -0.05) is 0 Å². The van der Waals surface area contributed by atoms with Gasteiger partial charge in [-0.25, -0.2) is 4.98 Å². The number of piperidine rings is 1. The minimum atomic E-state index is -0.492. The molecule has 2 unspecified atom stereocenters. The number of aromatic nitrogens is 1. The van der Waals surface area contributed by atoms with Gasteiger partial charge in [0.15, 0.2) is 0 Å². The molecule has 2 fully saturated rings. The molecule has 0 bridgehead atoms. The summed E-state index contributed by atoms with van der Waals surface area (Å²) in [6.45, 7) is 3.00. The topological polar surface area (TPSA) is 97.3 Å². The van der Waals surface area contributed by atoms with Crippen molar-refractivity contribution in [3.8, 4) is 0 Å². The number of rotatable bonds is 3. The van der Waals surface area contributed by atoms with Gasteiger partial charge in [0.1, 0.15) is 5.82 Å². The molecule has 0 aromatic carbocycles. The monoisotopic (exact) mass is 291 g/mol. The predicted octanol–water partition coefficient (Wildman–Crippen LogP) is 1.54. The Labute approximate surface area is 123 Å². The minimum Gasteiger partial charge on any atom is -0.378 e. The van der Waals surface area contributed by atoms with Crippen LogP contribution in [-0.4, -0.2) is 35.6 Å². The summed E-state index contributed by atoms with van der Waals surface area (Å²) in [5, 5.41) is 14.4. The van der Waals surface area contributed by atoms with Crippen molar-refractivity contribution in [1.29, 1.82) is 0 Å². The summed E-state index contributed by atoms with van der Waals surface area (Å²) in [6, 6.07) is 3.76. The molecule has 2 aliphatic rings. The summed E-state index contributed by atoms with van der Waals surface area (Å²) in [5.41, 5.74) is 5.57. The van der Waals surface area contributed by atoms with E-state index < -0.39 is 4.92 Å². The van der Waals surface area contributed by atoms with Crippen LogP contribution in [0.2, 0.25) is 0 Å². The SMILES string of the molecule is Nc1nc(N2CCCC(C3CCCN3)C2)ccc1[N+](=O)[O-]. The molecule has 7 heteroatoms. The van der Waals surface area contributed by atoms with Gasteiger partial charge in [0.05, 0.1) is 4.92 Å². The van der Waals surface area contributed by atoms with Crippen LogP contribution in [0.25, 0.3) is 0 Å². The Hall–Kier alpha value is -1.89. The highest BCUT2D eigenvalue weighted by Gasteiger charge is 2.30. The number of nitro groups is 1. The minimum absolute atomic E-state index is 0.00128. The van der Waals surface area contributed by atoms with E-state index >= 15 is 0 Å². The lowest BCUT2D eigenvalue weighted by molar-refractivity contribution is -0.384. The van der Waals surface area contributed by atoms with Crippen LogP contribution in [0.5, 0.6) is 0 Å². The van der Waals surface area contributed by atoms with Crippen molar-refractivity contribution in [3.05, 3.63) is 22.2 Å². The van der Waals surface area contributed by atoms with Crippen LogP contribution in [0.15, 0.2) is 12.1 Å². The molecule has 21 heavy (non-hydrogen) atoms. The van der Waals surface area contributed by atoms with Crippen molar-refractivity contribution in [2.24, 2.45) is 5.92 Å². The fourth-order valence-corrected chi connectivity index (χ4v) is 3.45. The number of hydrogen-bond donors (Lipinski definition) is 2. The molecule has 0 saturated carbocycles. The van der Waals surface area contributed by atoms with Crippen molar-refractivity contribution in [3.63, 3.8) is 0 Å². The molecule has 3 heterocycles. The largest absolute Gasteiger partial charge is 0.378 e. The molecule has 7 nitrogen and oxygen atoms in total. The van der Waals surface area contributed by atoms with Gasteiger partial charge in [0.2, 0.25) is 5.82 Å². The molecule has 2 saturated heterocycles. The van der Waals surface area contributed by atoms with Crippen molar-refractivity contribution >= 4 is 17.3 Å². The van der Waals surface area contributed by atoms with E-state index in [2.05, 4.69) is 15.2 Å². The number of hydrogen-bond acceptors (Lipinski definition) is 6. The summed E-state index contributed by atoms with van der Waals surface area (Å²) in [7, 11) is 0. The molecule has 2 atom stereocenters. The summed E-state index contributed by atoms with van der Waals surface area (Å²) in [4.78, 5) is 16.7. The summed E-state index contributed by atoms with van der Waals surface area (Å²) in [5.74, 6) is 1.37. The molecule has 1 aromatic heterocycles. The van der Waals surface area contributed by atoms with Crippen LogP contribution in [0.4, 0.5) is 17.3 Å². The summed E-state index contributed by atoms with van der Waals surface area (Å²) < 4.78 is 0. The Morgan fingerprint density at radius 2 is 2.24 bits per heavy atom. The third kappa shape index (κ3) is 2.92. The third-order valence-electron chi connectivity index (χ3n) is 4.53. The highest BCUT2D eigenvalue weighted by atomic mass is 16.6. The van der Waals surface area contributed by atoms with Gasteiger partial charge >= 0.3 is 5.69 Å². The average molecular weight is 291 g/mol. The third-order valence-corrected chi connectivity index (χ3v) is 4.53. The standard InChI is InChI=1S/C14H21N5O2/c15-14-12(19(20)21)5-6-13(17-14)18-8-2-3-10(9-18)11-4-1-7-16-11/h5-6,10-11,16H,1-4,7-9H2,(H2,15,17). The fraction of sp³-hybridized carbons (Fsp3) is 0.643. The zero-order chi connectivity index (χ0) is 14.8. The van der Waals surface area contributed by atoms with Gasteiger partial charge in [-0.3, -0.25) is 10.1 Å². The lowest BCUT2D eigenvalue weighted by Crippen LogP contribution is -2.43. The van der Waals surface area contributed by atoms with E-state index in [4.69, 9.17) is 5.73 Å². The van der Waals surface area contributed by atoms with Gasteiger partial charge in [0, 0.05) is 25.2 Å². The molecule has 0 radical (unpaired) electrons. The maximum atomic E-state index is 10.8. The lowest BCUT2D eigenvalue weighted by atomic mass is 9.90. The van der Waals surface area contributed by atoms with Crippen LogP contribution in [0, 0.1) is 16.0 Å². The molecule has 1 aromatic rings. The van der Waals surface area contributed by atoms with E-state index in [1.54, 1.807) is 6.07 Å². The van der Waals surface area contributed by atoms with Crippen LogP contribution in [0.1, 0.15) is 25.7 Å². The first kappa shape index (κ1) is 14.1. The van der Waals surface area contributed by atoms with Crippen molar-refractivity contribution in [2.75, 3.05) is 30.3 Å². The van der Waals surface area contributed by atoms with Crippen LogP contribution in [0.3, 0.4) is 0 Å². The Balaban J connectivity index is 1.73. The number of nitrogens with zero attached hydrogens (tertiary/aromatic N) is 3. The number of nitrogen functional groups attached to an aromatic ring is 1. The highest BCUT2D eigenvalue weighted by molar-refractivity contribution is 5.58. The normalized spacial score (nSPS) is 26.0. The molecular formula is C14H21N5O2. The summed E-state index contributed by atoms with van der Waals surface area (Å²) in [6.07, 6.45) is 4.86. The summed E-state index contributed by atoms with van der Waals surface area (Å²) >= 11 is 0. The number of pyridine rings is 1. The van der Waals surface area contributed by atoms with E-state index in [1.165, 1.54) is 25.3 Å². The van der Waals surface area contributed by atoms with Gasteiger partial charge in [-0.2, -0.15) is 0 Å². The van der Waals surface area contributed by atoms with E-state index in [1.807, 2.05) is 0 Å². The number of nitrogens with one attached hydrogen (secondary N) is 1. The van der Waals surface area contributed by atoms with E-state index in [0.29, 0.717) is 12.0 Å².